The van der Waals surface area contributed by atoms with Gasteiger partial charge in [0, 0.05) is 6.07 Å². The number of hydrogen-bond acceptors (Lipinski definition) is 4. The van der Waals surface area contributed by atoms with E-state index >= 15 is 0 Å². The van der Waals surface area contributed by atoms with Gasteiger partial charge in [0.15, 0.2) is 11.5 Å². The van der Waals surface area contributed by atoms with Crippen LogP contribution in [0.5, 0.6) is 11.5 Å². The zero-order chi connectivity index (χ0) is 17.8. The molecule has 1 aromatic carbocycles. The number of amides is 1. The molecule has 1 amide bonds. The second kappa shape index (κ2) is 5.05. The highest BCUT2D eigenvalue weighted by atomic mass is 19.3. The minimum Gasteiger partial charge on any atom is -0.711 e. The molecule has 6 nitrogen and oxygen atoms in total. The second-order valence-corrected chi connectivity index (χ2v) is 6.28. The summed E-state index contributed by atoms with van der Waals surface area (Å²) in [6.07, 6.45) is -1.23. The van der Waals surface area contributed by atoms with Gasteiger partial charge in [0.2, 0.25) is 0 Å². The van der Waals surface area contributed by atoms with Crippen molar-refractivity contribution in [3.8, 4) is 11.5 Å². The van der Waals surface area contributed by atoms with Crippen molar-refractivity contribution in [1.82, 2.24) is 0 Å². The van der Waals surface area contributed by atoms with Crippen LogP contribution < -0.4 is 19.5 Å². The number of aryl methyl sites for hydroxylation is 1. The number of pyridine rings is 1. The zero-order valence-corrected chi connectivity index (χ0v) is 13.2. The van der Waals surface area contributed by atoms with E-state index < -0.39 is 11.7 Å². The number of halogens is 2. The summed E-state index contributed by atoms with van der Waals surface area (Å²) in [5.74, 6) is -0.405. The molecule has 1 aliphatic heterocycles. The molecule has 25 heavy (non-hydrogen) atoms. The minimum absolute atomic E-state index is 0.0686. The molecule has 8 heteroatoms. The minimum atomic E-state index is -3.70. The van der Waals surface area contributed by atoms with E-state index in [2.05, 4.69) is 14.8 Å². The van der Waals surface area contributed by atoms with Gasteiger partial charge >= 0.3 is 12.2 Å². The first kappa shape index (κ1) is 15.6. The molecule has 4 rings (SSSR count). The quantitative estimate of drug-likeness (QED) is 0.683. The Labute approximate surface area is 141 Å². The van der Waals surface area contributed by atoms with Crippen molar-refractivity contribution in [3.05, 3.63) is 52.9 Å². The molecular formula is C17H14F2N2O4. The van der Waals surface area contributed by atoms with E-state index in [0.29, 0.717) is 23.1 Å². The number of hydrogen-bond donors (Lipinski definition) is 1. The third-order valence-electron chi connectivity index (χ3n) is 4.44. The van der Waals surface area contributed by atoms with Crippen molar-refractivity contribution in [2.75, 3.05) is 5.32 Å². The number of alkyl halides is 2. The SMILES string of the molecule is Cc1ccc(NC(=O)C2(c3ccc4c(c3)OC(F)(F)O4)CC2)[n+]([O-])c1. The van der Waals surface area contributed by atoms with Crippen molar-refractivity contribution in [3.63, 3.8) is 0 Å². The fourth-order valence-electron chi connectivity index (χ4n) is 2.93. The molecule has 1 fully saturated rings. The summed E-state index contributed by atoms with van der Waals surface area (Å²) < 4.78 is 35.7. The number of ether oxygens (including phenoxy) is 2. The molecule has 2 aliphatic rings. The lowest BCUT2D eigenvalue weighted by molar-refractivity contribution is -0.590. The van der Waals surface area contributed by atoms with E-state index in [-0.39, 0.29) is 23.2 Å². The molecule has 1 N–H and O–H groups in total. The first-order valence-corrected chi connectivity index (χ1v) is 7.71. The summed E-state index contributed by atoms with van der Waals surface area (Å²) >= 11 is 0. The average Bonchev–Trinajstić information content (AvgIpc) is 3.27. The number of rotatable bonds is 3. The molecule has 1 saturated carbocycles. The van der Waals surface area contributed by atoms with Gasteiger partial charge < -0.3 is 14.7 Å². The first-order chi connectivity index (χ1) is 11.8. The molecule has 0 bridgehead atoms. The molecule has 130 valence electrons. The maximum atomic E-state index is 13.1. The van der Waals surface area contributed by atoms with Crippen LogP contribution in [0.25, 0.3) is 0 Å². The van der Waals surface area contributed by atoms with Crippen LogP contribution >= 0.6 is 0 Å². The summed E-state index contributed by atoms with van der Waals surface area (Å²) in [5, 5.41) is 14.5. The topological polar surface area (TPSA) is 74.5 Å². The standard InChI is InChI=1S/C17H14F2N2O4/c1-10-2-5-14(21(23)9-10)20-15(22)16(6-7-16)11-3-4-12-13(8-11)25-17(18,19)24-12/h2-5,8-9H,6-7H2,1H3,(H,20,22). The Morgan fingerprint density at radius 1 is 1.20 bits per heavy atom. The monoisotopic (exact) mass is 348 g/mol. The van der Waals surface area contributed by atoms with Gasteiger partial charge in [0.1, 0.15) is 0 Å². The van der Waals surface area contributed by atoms with Gasteiger partial charge in [-0.2, -0.15) is 0 Å². The number of nitrogens with zero attached hydrogens (tertiary/aromatic N) is 1. The molecule has 0 saturated heterocycles. The lowest BCUT2D eigenvalue weighted by atomic mass is 9.94. The normalized spacial score (nSPS) is 18.7. The Morgan fingerprint density at radius 2 is 1.92 bits per heavy atom. The number of benzene rings is 1. The summed E-state index contributed by atoms with van der Waals surface area (Å²) in [5.41, 5.74) is 0.467. The Balaban J connectivity index is 1.59. The maximum absolute atomic E-state index is 13.1. The van der Waals surface area contributed by atoms with Crippen molar-refractivity contribution in [1.29, 1.82) is 0 Å². The van der Waals surface area contributed by atoms with Crippen LogP contribution in [-0.4, -0.2) is 12.2 Å². The van der Waals surface area contributed by atoms with Crippen LogP contribution in [0, 0.1) is 12.1 Å². The highest BCUT2D eigenvalue weighted by Crippen LogP contribution is 2.52. The summed E-state index contributed by atoms with van der Waals surface area (Å²) in [7, 11) is 0. The van der Waals surface area contributed by atoms with E-state index in [4.69, 9.17) is 0 Å². The maximum Gasteiger partial charge on any atom is 0.586 e. The molecule has 1 aromatic heterocycles. The molecule has 0 unspecified atom stereocenters. The van der Waals surface area contributed by atoms with Gasteiger partial charge in [0.05, 0.1) is 11.6 Å². The van der Waals surface area contributed by atoms with Crippen LogP contribution in [-0.2, 0) is 10.2 Å². The van der Waals surface area contributed by atoms with Crippen LogP contribution in [0.15, 0.2) is 36.5 Å². The molecular weight excluding hydrogens is 334 g/mol. The Kier molecular flexibility index (Phi) is 3.15. The smallest absolute Gasteiger partial charge is 0.586 e. The number of fused-ring (bicyclic) bond motifs is 1. The third-order valence-corrected chi connectivity index (χ3v) is 4.44. The van der Waals surface area contributed by atoms with Crippen molar-refractivity contribution in [2.45, 2.75) is 31.5 Å². The fourth-order valence-corrected chi connectivity index (χ4v) is 2.93. The van der Waals surface area contributed by atoms with Crippen LogP contribution in [0.2, 0.25) is 0 Å². The Morgan fingerprint density at radius 3 is 2.60 bits per heavy atom. The predicted octanol–water partition coefficient (Wildman–Crippen LogP) is 2.62. The number of anilines is 1. The average molecular weight is 348 g/mol. The number of carbonyl (C=O) groups is 1. The Hall–Kier alpha value is -2.90. The van der Waals surface area contributed by atoms with E-state index in [0.717, 1.165) is 5.56 Å². The van der Waals surface area contributed by atoms with Crippen LogP contribution in [0.3, 0.4) is 0 Å². The van der Waals surface area contributed by atoms with E-state index in [1.807, 2.05) is 0 Å². The van der Waals surface area contributed by atoms with Gasteiger partial charge in [0.25, 0.3) is 5.82 Å². The fraction of sp³-hybridized carbons (Fsp3) is 0.294. The summed E-state index contributed by atoms with van der Waals surface area (Å²) in [6, 6.07) is 7.56. The van der Waals surface area contributed by atoms with Gasteiger partial charge in [-0.1, -0.05) is 6.07 Å². The molecule has 1 aliphatic carbocycles. The van der Waals surface area contributed by atoms with Crippen molar-refractivity contribution in [2.24, 2.45) is 0 Å². The lowest BCUT2D eigenvalue weighted by Crippen LogP contribution is -2.36. The third kappa shape index (κ3) is 2.63. The second-order valence-electron chi connectivity index (χ2n) is 6.28. The molecule has 2 heterocycles. The lowest BCUT2D eigenvalue weighted by Gasteiger charge is -2.14. The van der Waals surface area contributed by atoms with Crippen molar-refractivity contribution < 1.29 is 27.8 Å². The van der Waals surface area contributed by atoms with Crippen LogP contribution in [0.1, 0.15) is 24.0 Å². The molecule has 0 radical (unpaired) electrons. The van der Waals surface area contributed by atoms with Gasteiger partial charge in [-0.05, 0) is 49.1 Å². The largest absolute Gasteiger partial charge is 0.711 e. The van der Waals surface area contributed by atoms with Gasteiger partial charge in [-0.15, -0.1) is 8.78 Å². The van der Waals surface area contributed by atoms with E-state index in [1.165, 1.54) is 24.4 Å². The number of aromatic nitrogens is 1. The highest BCUT2D eigenvalue weighted by Gasteiger charge is 2.55. The van der Waals surface area contributed by atoms with Gasteiger partial charge in [-0.3, -0.25) is 0 Å². The number of carbonyl (C=O) groups excluding carboxylic acids is 1. The summed E-state index contributed by atoms with van der Waals surface area (Å²) in [6.45, 7) is 1.77. The summed E-state index contributed by atoms with van der Waals surface area (Å²) in [4.78, 5) is 12.7. The van der Waals surface area contributed by atoms with Crippen molar-refractivity contribution >= 4 is 11.7 Å². The molecule has 0 spiro atoms. The van der Waals surface area contributed by atoms with E-state index in [9.17, 15) is 18.8 Å². The molecule has 2 aromatic rings. The molecule has 0 atom stereocenters. The van der Waals surface area contributed by atoms with E-state index in [1.54, 1.807) is 19.1 Å². The predicted molar refractivity (Wildman–Crippen MR) is 82.3 cm³/mol. The Bertz CT molecular complexity index is 881. The zero-order valence-electron chi connectivity index (χ0n) is 13.2. The van der Waals surface area contributed by atoms with Gasteiger partial charge in [-0.25, -0.2) is 14.8 Å². The highest BCUT2D eigenvalue weighted by molar-refractivity contribution is 6.00. The first-order valence-electron chi connectivity index (χ1n) is 7.71. The van der Waals surface area contributed by atoms with Crippen LogP contribution in [0.4, 0.5) is 14.6 Å². The number of nitrogens with one attached hydrogen (secondary N) is 1.